The molecule has 0 aromatic rings. The second-order valence-corrected chi connectivity index (χ2v) is 11.9. The summed E-state index contributed by atoms with van der Waals surface area (Å²) in [6, 6.07) is 0. The summed E-state index contributed by atoms with van der Waals surface area (Å²) in [5, 5.41) is 0. The van der Waals surface area contributed by atoms with Gasteiger partial charge < -0.3 is 0 Å². The highest BCUT2D eigenvalue weighted by Crippen LogP contribution is 2.34. The fourth-order valence-corrected chi connectivity index (χ4v) is 8.77. The molecule has 0 saturated carbocycles. The van der Waals surface area contributed by atoms with Gasteiger partial charge in [0, 0.05) is 0 Å². The Morgan fingerprint density at radius 3 is 2.71 bits per heavy atom. The van der Waals surface area contributed by atoms with E-state index >= 15 is 0 Å². The Kier molecular flexibility index (Phi) is 3.22. The number of halogens is 3. The van der Waals surface area contributed by atoms with Gasteiger partial charge in [-0.15, -0.1) is 0 Å². The van der Waals surface area contributed by atoms with Crippen LogP contribution >= 0.6 is 49.1 Å². The number of hydrogen-bond donors (Lipinski definition) is 0. The smallest absolute Gasteiger partial charge is 0.0546 e. The molecule has 0 fully saturated rings. The largest absolute Gasteiger partial charge is 0.0559 e. The summed E-state index contributed by atoms with van der Waals surface area (Å²) in [6.07, 6.45) is 4.32. The Labute approximate surface area is 66.9 Å². The monoisotopic (exact) mass is 384 g/mol. The highest BCUT2D eigenvalue weighted by atomic mass is 128. The Balaban J connectivity index is 2.82. The van der Waals surface area contributed by atoms with Crippen LogP contribution in [0.3, 0.4) is 0 Å². The minimum atomic E-state index is 0.453. The summed E-state index contributed by atoms with van der Waals surface area (Å²) < 4.78 is 3.80. The van der Waals surface area contributed by atoms with Gasteiger partial charge in [0.2, 0.25) is 0 Å². The first kappa shape index (κ1) is 6.54. The van der Waals surface area contributed by atoms with Crippen molar-refractivity contribution < 1.29 is 0 Å². The normalized spacial score (nSPS) is 19.3. The zero-order chi connectivity index (χ0) is 5.11. The van der Waals surface area contributed by atoms with Crippen molar-refractivity contribution in [2.45, 2.75) is 0 Å². The van der Waals surface area contributed by atoms with Crippen molar-refractivity contribution in [1.29, 1.82) is 0 Å². The first-order valence-corrected chi connectivity index (χ1v) is 11.1. The molecular weight excluding hydrogens is 382 g/mol. The topological polar surface area (TPSA) is 0 Å². The van der Waals surface area contributed by atoms with Crippen LogP contribution in [0.5, 0.6) is 0 Å². The molecule has 1 heterocycles. The van der Waals surface area contributed by atoms with Gasteiger partial charge >= 0.3 is 0 Å². The summed E-state index contributed by atoms with van der Waals surface area (Å²) >= 11 is 4.42. The lowest BCUT2D eigenvalue weighted by Crippen LogP contribution is -1.49. The Bertz CT molecular complexity index is 146. The van der Waals surface area contributed by atoms with Crippen molar-refractivity contribution >= 4 is 49.1 Å². The zero-order valence-corrected chi connectivity index (χ0v) is 9.27. The van der Waals surface area contributed by atoms with Crippen molar-refractivity contribution in [2.24, 2.45) is 0 Å². The van der Waals surface area contributed by atoms with E-state index in [9.17, 15) is 0 Å². The summed E-state index contributed by atoms with van der Waals surface area (Å²) in [6.45, 7) is 0. The van der Waals surface area contributed by atoms with Crippen LogP contribution in [-0.4, -0.2) is 0 Å². The van der Waals surface area contributed by atoms with Gasteiger partial charge in [-0.25, -0.2) is 0 Å². The third kappa shape index (κ3) is 2.46. The van der Waals surface area contributed by atoms with Gasteiger partial charge in [0.25, 0.3) is 0 Å². The van der Waals surface area contributed by atoms with Crippen molar-refractivity contribution in [1.82, 2.24) is 0 Å². The lowest BCUT2D eigenvalue weighted by Gasteiger charge is -1.85. The number of hydrogen-bond acceptors (Lipinski definition) is 0. The fourth-order valence-electron chi connectivity index (χ4n) is 0.224. The molecule has 0 spiro atoms. The van der Waals surface area contributed by atoms with E-state index in [0.717, 1.165) is 0 Å². The third-order valence-corrected chi connectivity index (χ3v) is 13.5. The maximum atomic E-state index is 3.47. The first-order chi connectivity index (χ1) is 3.39. The average Bonchev–Trinajstić information content (AvgIpc) is 1.69. The molecule has 0 saturated heterocycles. The highest BCUT2D eigenvalue weighted by Gasteiger charge is 1.83. The molecule has 40 valence electrons. The van der Waals surface area contributed by atoms with Crippen LogP contribution in [0.1, 0.15) is 0 Å². The molecule has 0 N–H and O–H groups in total. The van der Waals surface area contributed by atoms with Gasteiger partial charge in [-0.2, -0.15) is 0 Å². The Morgan fingerprint density at radius 1 is 1.57 bits per heavy atom. The van der Waals surface area contributed by atoms with Crippen LogP contribution in [-0.2, 0) is 0 Å². The van der Waals surface area contributed by atoms with E-state index in [4.69, 9.17) is 0 Å². The molecule has 0 amide bonds. The van der Waals surface area contributed by atoms with Crippen molar-refractivity contribution in [3.8, 4) is 0 Å². The van der Waals surface area contributed by atoms with Gasteiger partial charge in [-0.05, 0) is 42.7 Å². The quantitative estimate of drug-likeness (QED) is 0.560. The molecule has 0 aromatic carbocycles. The first-order valence-electron chi connectivity index (χ1n) is 1.69. The van der Waals surface area contributed by atoms with Gasteiger partial charge in [0.1, 0.15) is 0 Å². The SMILES string of the molecule is BrC1=CC=CI=I1. The predicted octanol–water partition coefficient (Wildman–Crippen LogP) is 3.61. The summed E-state index contributed by atoms with van der Waals surface area (Å²) in [7, 11) is 0. The summed E-state index contributed by atoms with van der Waals surface area (Å²) in [4.78, 5) is 0. The predicted molar refractivity (Wildman–Crippen MR) is 54.2 cm³/mol. The van der Waals surface area contributed by atoms with Crippen LogP contribution in [0.2, 0.25) is 0 Å². The molecular formula is C4H3BrI2. The summed E-state index contributed by atoms with van der Waals surface area (Å²) in [5.74, 6) is 0. The second-order valence-electron chi connectivity index (χ2n) is 0.929. The highest BCUT2D eigenvalue weighted by molar-refractivity contribution is 14.8. The molecule has 0 bridgehead atoms. The van der Waals surface area contributed by atoms with Gasteiger partial charge in [-0.1, -0.05) is 22.7 Å². The molecule has 1 rings (SSSR count). The maximum absolute atomic E-state index is 3.47. The average molecular weight is 385 g/mol. The van der Waals surface area contributed by atoms with E-state index in [1.54, 1.807) is 0 Å². The standard InChI is InChI=1S/C4H3BrI2/c5-4-2-1-3-6-7-4/h1-3H. The van der Waals surface area contributed by atoms with Crippen molar-refractivity contribution in [2.75, 3.05) is 0 Å². The van der Waals surface area contributed by atoms with Crippen molar-refractivity contribution in [3.05, 3.63) is 18.7 Å². The van der Waals surface area contributed by atoms with E-state index in [2.05, 4.69) is 32.2 Å². The van der Waals surface area contributed by atoms with Crippen LogP contribution in [0.25, 0.3) is 0 Å². The molecule has 0 aromatic heterocycles. The number of rotatable bonds is 0. The lowest BCUT2D eigenvalue weighted by molar-refractivity contribution is 2.11. The van der Waals surface area contributed by atoms with Crippen LogP contribution in [0, 0.1) is 0 Å². The molecule has 0 nitrogen and oxygen atoms in total. The molecule has 0 radical (unpaired) electrons. The van der Waals surface area contributed by atoms with Crippen LogP contribution < -0.4 is 0 Å². The second kappa shape index (κ2) is 3.45. The molecule has 0 unspecified atom stereocenters. The third-order valence-electron chi connectivity index (χ3n) is 0.452. The van der Waals surface area contributed by atoms with Gasteiger partial charge in [0.05, 0.1) is 2.49 Å². The van der Waals surface area contributed by atoms with E-state index in [1.807, 2.05) is 0 Å². The van der Waals surface area contributed by atoms with E-state index < -0.39 is 0 Å². The van der Waals surface area contributed by atoms with Crippen LogP contribution in [0.15, 0.2) is 18.7 Å². The molecule has 7 heavy (non-hydrogen) atoms. The Hall–Kier alpha value is 1.42. The van der Waals surface area contributed by atoms with Gasteiger partial charge in [-0.3, -0.25) is 0 Å². The van der Waals surface area contributed by atoms with E-state index in [1.165, 1.54) is 2.49 Å². The molecule has 0 atom stereocenters. The molecule has 0 aliphatic carbocycles. The van der Waals surface area contributed by atoms with E-state index in [0.29, 0.717) is 33.2 Å². The zero-order valence-electron chi connectivity index (χ0n) is 3.37. The van der Waals surface area contributed by atoms with E-state index in [-0.39, 0.29) is 0 Å². The van der Waals surface area contributed by atoms with Crippen LogP contribution in [0.4, 0.5) is 0 Å². The fraction of sp³-hybridized carbons (Fsp3) is 0. The maximum Gasteiger partial charge on any atom is 0.0559 e. The number of allylic oxidation sites excluding steroid dienone is 2. The van der Waals surface area contributed by atoms with Crippen molar-refractivity contribution in [3.63, 3.8) is 0 Å². The minimum absolute atomic E-state index is 0.453. The Morgan fingerprint density at radius 2 is 2.43 bits per heavy atom. The minimum Gasteiger partial charge on any atom is -0.0546 e. The molecule has 1 aliphatic rings. The lowest BCUT2D eigenvalue weighted by atomic mass is 10.6. The summed E-state index contributed by atoms with van der Waals surface area (Å²) in [5.41, 5.74) is 0. The van der Waals surface area contributed by atoms with Gasteiger partial charge in [0.15, 0.2) is 0 Å². The molecule has 3 heteroatoms. The molecule has 1 aliphatic heterocycles.